The first-order chi connectivity index (χ1) is 7.66. The van der Waals surface area contributed by atoms with Crippen molar-refractivity contribution in [3.63, 3.8) is 0 Å². The monoisotopic (exact) mass is 232 g/mol. The summed E-state index contributed by atoms with van der Waals surface area (Å²) in [6, 6.07) is 12.0. The fraction of sp³-hybridized carbons (Fsp3) is 0.154. The van der Waals surface area contributed by atoms with Crippen molar-refractivity contribution >= 4 is 17.2 Å². The van der Waals surface area contributed by atoms with E-state index in [0.29, 0.717) is 11.7 Å². The normalized spacial score (nSPS) is 10.4. The van der Waals surface area contributed by atoms with Gasteiger partial charge in [0.25, 0.3) is 0 Å². The Bertz CT molecular complexity index is 500. The first kappa shape index (κ1) is 11.0. The lowest BCUT2D eigenvalue weighted by Crippen LogP contribution is -2.01. The Kier molecular flexibility index (Phi) is 3.11. The van der Waals surface area contributed by atoms with Gasteiger partial charge < -0.3 is 0 Å². The van der Waals surface area contributed by atoms with Crippen LogP contribution in [-0.2, 0) is 6.54 Å². The van der Waals surface area contributed by atoms with Gasteiger partial charge in [0.05, 0.1) is 12.2 Å². The van der Waals surface area contributed by atoms with Gasteiger partial charge in [-0.05, 0) is 18.1 Å². The molecule has 0 amide bonds. The number of aromatic nitrogens is 2. The van der Waals surface area contributed by atoms with E-state index >= 15 is 0 Å². The molecule has 0 fully saturated rings. The molecule has 82 valence electrons. The van der Waals surface area contributed by atoms with Gasteiger partial charge in [0.1, 0.15) is 5.15 Å². The van der Waals surface area contributed by atoms with E-state index in [4.69, 9.17) is 11.6 Å². The number of rotatable bonds is 3. The van der Waals surface area contributed by atoms with Gasteiger partial charge in [0.15, 0.2) is 0 Å². The summed E-state index contributed by atoms with van der Waals surface area (Å²) in [5, 5.41) is 5.03. The van der Waals surface area contributed by atoms with Crippen LogP contribution >= 0.6 is 11.6 Å². The summed E-state index contributed by atoms with van der Waals surface area (Å²) in [7, 11) is 0. The summed E-state index contributed by atoms with van der Waals surface area (Å²) in [6.45, 7) is 6.46. The zero-order chi connectivity index (χ0) is 11.5. The van der Waals surface area contributed by atoms with Crippen LogP contribution in [0.2, 0.25) is 5.15 Å². The van der Waals surface area contributed by atoms with Crippen molar-refractivity contribution < 1.29 is 0 Å². The third kappa shape index (κ3) is 2.34. The Labute approximate surface area is 100 Å². The molecular weight excluding hydrogens is 220 g/mol. The van der Waals surface area contributed by atoms with Crippen LogP contribution in [0.1, 0.15) is 18.2 Å². The topological polar surface area (TPSA) is 17.8 Å². The first-order valence-corrected chi connectivity index (χ1v) is 5.48. The van der Waals surface area contributed by atoms with Gasteiger partial charge in [-0.25, -0.2) is 4.68 Å². The second kappa shape index (κ2) is 4.54. The van der Waals surface area contributed by atoms with Crippen molar-refractivity contribution in [2.75, 3.05) is 0 Å². The average Bonchev–Trinajstić information content (AvgIpc) is 2.62. The van der Waals surface area contributed by atoms with Crippen molar-refractivity contribution in [1.29, 1.82) is 0 Å². The first-order valence-electron chi connectivity index (χ1n) is 5.10. The van der Waals surface area contributed by atoms with E-state index in [9.17, 15) is 0 Å². The number of nitrogens with zero attached hydrogens (tertiary/aromatic N) is 2. The Morgan fingerprint density at radius 1 is 1.38 bits per heavy atom. The minimum atomic E-state index is 0.641. The summed E-state index contributed by atoms with van der Waals surface area (Å²) >= 11 is 6.10. The van der Waals surface area contributed by atoms with Crippen molar-refractivity contribution in [2.24, 2.45) is 0 Å². The van der Waals surface area contributed by atoms with Gasteiger partial charge in [-0.1, -0.05) is 48.5 Å². The molecule has 0 spiro atoms. The third-order valence-electron chi connectivity index (χ3n) is 2.34. The van der Waals surface area contributed by atoms with E-state index in [2.05, 4.69) is 23.8 Å². The van der Waals surface area contributed by atoms with Crippen LogP contribution in [0.4, 0.5) is 0 Å². The van der Waals surface area contributed by atoms with Gasteiger partial charge in [-0.2, -0.15) is 5.10 Å². The van der Waals surface area contributed by atoms with E-state index in [0.717, 1.165) is 11.3 Å². The molecule has 0 N–H and O–H groups in total. The highest BCUT2D eigenvalue weighted by atomic mass is 35.5. The maximum absolute atomic E-state index is 6.10. The molecule has 0 aliphatic rings. The fourth-order valence-corrected chi connectivity index (χ4v) is 1.67. The van der Waals surface area contributed by atoms with Crippen molar-refractivity contribution in [3.05, 3.63) is 59.4 Å². The summed E-state index contributed by atoms with van der Waals surface area (Å²) in [6.07, 6.45) is 0. The minimum Gasteiger partial charge on any atom is -0.249 e. The van der Waals surface area contributed by atoms with E-state index < -0.39 is 0 Å². The van der Waals surface area contributed by atoms with Gasteiger partial charge >= 0.3 is 0 Å². The largest absolute Gasteiger partial charge is 0.249 e. The maximum Gasteiger partial charge on any atom is 0.128 e. The highest BCUT2D eigenvalue weighted by Gasteiger charge is 2.06. The van der Waals surface area contributed by atoms with Crippen molar-refractivity contribution in [2.45, 2.75) is 13.5 Å². The Morgan fingerprint density at radius 2 is 2.06 bits per heavy atom. The van der Waals surface area contributed by atoms with Crippen LogP contribution in [0.15, 0.2) is 43.0 Å². The molecule has 2 nitrogen and oxygen atoms in total. The molecule has 0 aliphatic heterocycles. The molecule has 0 radical (unpaired) electrons. The van der Waals surface area contributed by atoms with Crippen LogP contribution in [0, 0.1) is 0 Å². The molecule has 0 saturated heterocycles. The van der Waals surface area contributed by atoms with Gasteiger partial charge in [0, 0.05) is 6.07 Å². The summed E-state index contributed by atoms with van der Waals surface area (Å²) in [5.74, 6) is 0. The predicted octanol–water partition coefficient (Wildman–Crippen LogP) is 3.62. The minimum absolute atomic E-state index is 0.641. The van der Waals surface area contributed by atoms with Gasteiger partial charge in [-0.3, -0.25) is 0 Å². The third-order valence-corrected chi connectivity index (χ3v) is 2.65. The lowest BCUT2D eigenvalue weighted by molar-refractivity contribution is 0.685. The van der Waals surface area contributed by atoms with E-state index in [-0.39, 0.29) is 0 Å². The Balaban J connectivity index is 2.25. The van der Waals surface area contributed by atoms with Gasteiger partial charge in [-0.15, -0.1) is 0 Å². The molecule has 16 heavy (non-hydrogen) atoms. The molecular formula is C13H13ClN2. The smallest absolute Gasteiger partial charge is 0.128 e. The summed E-state index contributed by atoms with van der Waals surface area (Å²) < 4.78 is 1.78. The molecule has 0 aliphatic carbocycles. The molecule has 1 heterocycles. The zero-order valence-electron chi connectivity index (χ0n) is 9.15. The molecule has 1 aromatic carbocycles. The average molecular weight is 233 g/mol. The molecule has 1 aromatic heterocycles. The lowest BCUT2D eigenvalue weighted by Gasteiger charge is -2.02. The predicted molar refractivity (Wildman–Crippen MR) is 67.5 cm³/mol. The molecule has 0 unspecified atom stereocenters. The number of allylic oxidation sites excluding steroid dienone is 1. The standard InChI is InChI=1S/C13H13ClN2/c1-10(2)12-8-13(14)16(15-12)9-11-6-4-3-5-7-11/h3-8H,1,9H2,2H3. The second-order valence-electron chi connectivity index (χ2n) is 3.78. The van der Waals surface area contributed by atoms with Crippen molar-refractivity contribution in [1.82, 2.24) is 9.78 Å². The Morgan fingerprint density at radius 3 is 2.62 bits per heavy atom. The molecule has 0 atom stereocenters. The van der Waals surface area contributed by atoms with Crippen LogP contribution in [-0.4, -0.2) is 9.78 Å². The second-order valence-corrected chi connectivity index (χ2v) is 4.16. The number of halogens is 1. The summed E-state index contributed by atoms with van der Waals surface area (Å²) in [4.78, 5) is 0. The van der Waals surface area contributed by atoms with Crippen molar-refractivity contribution in [3.8, 4) is 0 Å². The Hall–Kier alpha value is -1.54. The maximum atomic E-state index is 6.10. The number of benzene rings is 1. The SMILES string of the molecule is C=C(C)c1cc(Cl)n(Cc2ccccc2)n1. The molecule has 3 heteroatoms. The molecule has 2 aromatic rings. The fourth-order valence-electron chi connectivity index (χ4n) is 1.47. The molecule has 0 saturated carbocycles. The van der Waals surface area contributed by atoms with Crippen LogP contribution < -0.4 is 0 Å². The van der Waals surface area contributed by atoms with E-state index in [1.54, 1.807) is 4.68 Å². The number of hydrogen-bond donors (Lipinski definition) is 0. The van der Waals surface area contributed by atoms with Crippen LogP contribution in [0.3, 0.4) is 0 Å². The molecule has 2 rings (SSSR count). The van der Waals surface area contributed by atoms with E-state index in [1.807, 2.05) is 31.2 Å². The summed E-state index contributed by atoms with van der Waals surface area (Å²) in [5.41, 5.74) is 2.95. The van der Waals surface area contributed by atoms with Gasteiger partial charge in [0.2, 0.25) is 0 Å². The quantitative estimate of drug-likeness (QED) is 0.791. The highest BCUT2D eigenvalue weighted by molar-refractivity contribution is 6.29. The highest BCUT2D eigenvalue weighted by Crippen LogP contribution is 2.17. The zero-order valence-corrected chi connectivity index (χ0v) is 9.91. The number of hydrogen-bond acceptors (Lipinski definition) is 1. The lowest BCUT2D eigenvalue weighted by atomic mass is 10.2. The molecule has 0 bridgehead atoms. The van der Waals surface area contributed by atoms with Crippen LogP contribution in [0.25, 0.3) is 5.57 Å². The van der Waals surface area contributed by atoms with Crippen LogP contribution in [0.5, 0.6) is 0 Å². The van der Waals surface area contributed by atoms with E-state index in [1.165, 1.54) is 5.56 Å².